The molecule has 2 atom stereocenters. The van der Waals surface area contributed by atoms with Crippen LogP contribution >= 0.6 is 0 Å². The number of carbonyl (C=O) groups is 1. The highest BCUT2D eigenvalue weighted by Gasteiger charge is 2.32. The van der Waals surface area contributed by atoms with Crippen LogP contribution in [-0.2, 0) is 4.74 Å². The van der Waals surface area contributed by atoms with Crippen molar-refractivity contribution in [3.05, 3.63) is 54.1 Å². The van der Waals surface area contributed by atoms with Crippen LogP contribution in [0.25, 0.3) is 0 Å². The SMILES string of the molecule is COCCCOc1cc(C(=O)N(C(C)C)C2CNC[C@@H](COc3ccccc3)C2)ccc1OC. The third-order valence-corrected chi connectivity index (χ3v) is 5.99. The Bertz CT molecular complexity index is 890. The van der Waals surface area contributed by atoms with E-state index in [9.17, 15) is 4.79 Å². The van der Waals surface area contributed by atoms with Crippen LogP contribution in [0.4, 0.5) is 0 Å². The fraction of sp³-hybridized carbons (Fsp3) is 0.519. The van der Waals surface area contributed by atoms with E-state index in [4.69, 9.17) is 18.9 Å². The summed E-state index contributed by atoms with van der Waals surface area (Å²) in [5.74, 6) is 2.38. The minimum Gasteiger partial charge on any atom is -0.493 e. The van der Waals surface area contributed by atoms with E-state index in [1.54, 1.807) is 26.4 Å². The van der Waals surface area contributed by atoms with E-state index in [2.05, 4.69) is 19.2 Å². The minimum atomic E-state index is -0.00387. The van der Waals surface area contributed by atoms with Crippen LogP contribution in [0.3, 0.4) is 0 Å². The van der Waals surface area contributed by atoms with Gasteiger partial charge in [-0.25, -0.2) is 0 Å². The first-order valence-corrected chi connectivity index (χ1v) is 12.0. The summed E-state index contributed by atoms with van der Waals surface area (Å²) in [6.07, 6.45) is 1.65. The van der Waals surface area contributed by atoms with Crippen molar-refractivity contribution in [1.82, 2.24) is 10.2 Å². The molecule has 186 valence electrons. The van der Waals surface area contributed by atoms with Crippen molar-refractivity contribution in [3.8, 4) is 17.2 Å². The largest absolute Gasteiger partial charge is 0.493 e. The zero-order valence-electron chi connectivity index (χ0n) is 20.8. The molecule has 0 spiro atoms. The predicted molar refractivity (Wildman–Crippen MR) is 133 cm³/mol. The Hall–Kier alpha value is -2.77. The number of methoxy groups -OCH3 is 2. The molecule has 0 saturated carbocycles. The third kappa shape index (κ3) is 7.11. The van der Waals surface area contributed by atoms with Crippen LogP contribution < -0.4 is 19.5 Å². The maximum atomic E-state index is 13.7. The zero-order valence-corrected chi connectivity index (χ0v) is 20.8. The molecule has 0 bridgehead atoms. The molecule has 1 N–H and O–H groups in total. The van der Waals surface area contributed by atoms with Gasteiger partial charge in [0.15, 0.2) is 11.5 Å². The highest BCUT2D eigenvalue weighted by molar-refractivity contribution is 5.95. The quantitative estimate of drug-likeness (QED) is 0.473. The fourth-order valence-electron chi connectivity index (χ4n) is 4.35. The van der Waals surface area contributed by atoms with Gasteiger partial charge >= 0.3 is 0 Å². The summed E-state index contributed by atoms with van der Waals surface area (Å²) in [6.45, 7) is 7.50. The first-order chi connectivity index (χ1) is 16.5. The van der Waals surface area contributed by atoms with E-state index >= 15 is 0 Å². The number of benzene rings is 2. The summed E-state index contributed by atoms with van der Waals surface area (Å²) < 4.78 is 22.4. The number of para-hydroxylation sites is 1. The van der Waals surface area contributed by atoms with Gasteiger partial charge in [-0.1, -0.05) is 18.2 Å². The molecule has 1 aliphatic rings. The molecule has 34 heavy (non-hydrogen) atoms. The van der Waals surface area contributed by atoms with Gasteiger partial charge in [-0.05, 0) is 50.6 Å². The maximum Gasteiger partial charge on any atom is 0.254 e. The van der Waals surface area contributed by atoms with Crippen molar-refractivity contribution in [1.29, 1.82) is 0 Å². The second-order valence-corrected chi connectivity index (χ2v) is 8.90. The summed E-state index contributed by atoms with van der Waals surface area (Å²) >= 11 is 0. The Morgan fingerprint density at radius 1 is 1.03 bits per heavy atom. The molecule has 1 unspecified atom stereocenters. The number of amides is 1. The lowest BCUT2D eigenvalue weighted by molar-refractivity contribution is 0.0509. The molecular weight excluding hydrogens is 432 g/mol. The lowest BCUT2D eigenvalue weighted by atomic mass is 9.94. The number of hydrogen-bond acceptors (Lipinski definition) is 6. The van der Waals surface area contributed by atoms with E-state index in [-0.39, 0.29) is 18.0 Å². The second kappa shape index (κ2) is 13.2. The van der Waals surface area contributed by atoms with Gasteiger partial charge in [0.05, 0.1) is 20.3 Å². The molecule has 0 aliphatic carbocycles. The third-order valence-electron chi connectivity index (χ3n) is 5.99. The number of hydrogen-bond donors (Lipinski definition) is 1. The van der Waals surface area contributed by atoms with Crippen molar-refractivity contribution in [3.63, 3.8) is 0 Å². The summed E-state index contributed by atoms with van der Waals surface area (Å²) in [4.78, 5) is 15.6. The van der Waals surface area contributed by atoms with E-state index in [0.717, 1.165) is 31.7 Å². The lowest BCUT2D eigenvalue weighted by Crippen LogP contribution is -2.54. The molecule has 1 fully saturated rings. The molecule has 1 amide bonds. The van der Waals surface area contributed by atoms with E-state index in [0.29, 0.717) is 42.8 Å². The number of rotatable bonds is 12. The van der Waals surface area contributed by atoms with Gasteiger partial charge in [0.25, 0.3) is 5.91 Å². The predicted octanol–water partition coefficient (Wildman–Crippen LogP) is 4.02. The molecule has 1 saturated heterocycles. The molecule has 2 aromatic rings. The number of piperidine rings is 1. The monoisotopic (exact) mass is 470 g/mol. The molecule has 7 nitrogen and oxygen atoms in total. The number of nitrogens with zero attached hydrogens (tertiary/aromatic N) is 1. The molecule has 1 aliphatic heterocycles. The molecule has 0 aromatic heterocycles. The molecule has 1 heterocycles. The number of ether oxygens (including phenoxy) is 4. The number of nitrogens with one attached hydrogen (secondary N) is 1. The van der Waals surface area contributed by atoms with E-state index in [1.165, 1.54) is 0 Å². The van der Waals surface area contributed by atoms with Crippen molar-refractivity contribution >= 4 is 5.91 Å². The maximum absolute atomic E-state index is 13.7. The van der Waals surface area contributed by atoms with Crippen LogP contribution in [0, 0.1) is 5.92 Å². The molecular formula is C27H38N2O5. The van der Waals surface area contributed by atoms with Gasteiger partial charge in [0, 0.05) is 56.8 Å². The van der Waals surface area contributed by atoms with Crippen LogP contribution in [0.5, 0.6) is 17.2 Å². The van der Waals surface area contributed by atoms with Crippen molar-refractivity contribution in [2.75, 3.05) is 47.1 Å². The van der Waals surface area contributed by atoms with Gasteiger partial charge in [0.2, 0.25) is 0 Å². The van der Waals surface area contributed by atoms with Crippen LogP contribution in [0.15, 0.2) is 48.5 Å². The Morgan fingerprint density at radius 3 is 2.53 bits per heavy atom. The summed E-state index contributed by atoms with van der Waals surface area (Å²) in [5.41, 5.74) is 0.596. The Morgan fingerprint density at radius 2 is 1.82 bits per heavy atom. The Labute approximate surface area is 203 Å². The van der Waals surface area contributed by atoms with E-state index < -0.39 is 0 Å². The van der Waals surface area contributed by atoms with Gasteiger partial charge in [-0.15, -0.1) is 0 Å². The van der Waals surface area contributed by atoms with Crippen molar-refractivity contribution in [2.24, 2.45) is 5.92 Å². The van der Waals surface area contributed by atoms with Gasteiger partial charge in [-0.2, -0.15) is 0 Å². The summed E-state index contributed by atoms with van der Waals surface area (Å²) in [7, 11) is 3.27. The smallest absolute Gasteiger partial charge is 0.254 e. The van der Waals surface area contributed by atoms with Gasteiger partial charge in [-0.3, -0.25) is 4.79 Å². The summed E-state index contributed by atoms with van der Waals surface area (Å²) in [5, 5.41) is 3.50. The number of carbonyl (C=O) groups excluding carboxylic acids is 1. The van der Waals surface area contributed by atoms with Crippen LogP contribution in [0.2, 0.25) is 0 Å². The second-order valence-electron chi connectivity index (χ2n) is 8.90. The normalized spacial score (nSPS) is 17.9. The average Bonchev–Trinajstić information content (AvgIpc) is 2.86. The Kier molecular flexibility index (Phi) is 10.0. The minimum absolute atomic E-state index is 0.00387. The highest BCUT2D eigenvalue weighted by atomic mass is 16.5. The highest BCUT2D eigenvalue weighted by Crippen LogP contribution is 2.30. The standard InChI is InChI=1S/C27H38N2O5/c1-20(2)29(23-15-21(17-28-18-23)19-34-24-9-6-5-7-10-24)27(30)22-11-12-25(32-4)26(16-22)33-14-8-13-31-3/h5-7,9-12,16,20-21,23,28H,8,13-15,17-19H2,1-4H3/t21-,23?/m0/s1. The van der Waals surface area contributed by atoms with Crippen molar-refractivity contribution < 1.29 is 23.7 Å². The van der Waals surface area contributed by atoms with Gasteiger partial charge < -0.3 is 29.2 Å². The zero-order chi connectivity index (χ0) is 24.3. The topological polar surface area (TPSA) is 69.3 Å². The Balaban J connectivity index is 1.69. The van der Waals surface area contributed by atoms with E-state index in [1.807, 2.05) is 41.3 Å². The fourth-order valence-corrected chi connectivity index (χ4v) is 4.35. The average molecular weight is 471 g/mol. The first-order valence-electron chi connectivity index (χ1n) is 12.0. The molecule has 2 aromatic carbocycles. The first kappa shape index (κ1) is 25.8. The molecule has 3 rings (SSSR count). The molecule has 7 heteroatoms. The molecule has 0 radical (unpaired) electrons. The lowest BCUT2D eigenvalue weighted by Gasteiger charge is -2.40. The van der Waals surface area contributed by atoms with Crippen LogP contribution in [0.1, 0.15) is 37.0 Å². The van der Waals surface area contributed by atoms with Gasteiger partial charge in [0.1, 0.15) is 5.75 Å². The summed E-state index contributed by atoms with van der Waals surface area (Å²) in [6, 6.07) is 15.4. The van der Waals surface area contributed by atoms with Crippen molar-refractivity contribution in [2.45, 2.75) is 38.8 Å². The van der Waals surface area contributed by atoms with Crippen LogP contribution in [-0.4, -0.2) is 70.0 Å².